The Morgan fingerprint density at radius 3 is 2.56 bits per heavy atom. The lowest BCUT2D eigenvalue weighted by atomic mass is 10.0. The van der Waals surface area contributed by atoms with Crippen LogP contribution >= 0.6 is 11.8 Å². The van der Waals surface area contributed by atoms with Gasteiger partial charge in [-0.05, 0) is 35.2 Å². The number of ether oxygens (including phenoxy) is 2. The molecule has 6 rings (SSSR count). The van der Waals surface area contributed by atoms with Crippen LogP contribution in [0.1, 0.15) is 17.4 Å². The highest BCUT2D eigenvalue weighted by Crippen LogP contribution is 2.41. The van der Waals surface area contributed by atoms with Crippen molar-refractivity contribution in [3.05, 3.63) is 102 Å². The number of nitrogens with zero attached hydrogens (tertiary/aromatic N) is 3. The predicted molar refractivity (Wildman–Crippen MR) is 139 cm³/mol. The number of nitrogens with one attached hydrogen (secondary N) is 1. The Kier molecular flexibility index (Phi) is 5.87. The van der Waals surface area contributed by atoms with Crippen molar-refractivity contribution in [1.29, 1.82) is 0 Å². The molecule has 1 N–H and O–H groups in total. The van der Waals surface area contributed by atoms with Gasteiger partial charge in [-0.15, -0.1) is 10.2 Å². The number of hydrogen-bond donors (Lipinski definition) is 1. The lowest BCUT2D eigenvalue weighted by molar-refractivity contribution is 0.226. The smallest absolute Gasteiger partial charge is 0.247 e. The van der Waals surface area contributed by atoms with Crippen LogP contribution in [0, 0.1) is 5.82 Å². The van der Waals surface area contributed by atoms with Crippen molar-refractivity contribution in [3.8, 4) is 22.9 Å². The van der Waals surface area contributed by atoms with Crippen molar-refractivity contribution in [2.24, 2.45) is 0 Å². The van der Waals surface area contributed by atoms with Gasteiger partial charge in [0.25, 0.3) is 0 Å². The van der Waals surface area contributed by atoms with E-state index < -0.39 is 6.23 Å². The molecular formula is C28H21FN4O2S. The van der Waals surface area contributed by atoms with Crippen LogP contribution in [0.4, 0.5) is 10.1 Å². The number of aromatic nitrogens is 3. The number of anilines is 1. The Labute approximate surface area is 211 Å². The molecule has 0 aliphatic carbocycles. The van der Waals surface area contributed by atoms with Gasteiger partial charge < -0.3 is 14.8 Å². The molecular weight excluding hydrogens is 475 g/mol. The minimum atomic E-state index is -0.538. The molecule has 5 aromatic rings. The summed E-state index contributed by atoms with van der Waals surface area (Å²) in [5.41, 5.74) is 3.78. The third kappa shape index (κ3) is 4.09. The second-order valence-corrected chi connectivity index (χ2v) is 9.16. The monoisotopic (exact) mass is 496 g/mol. The summed E-state index contributed by atoms with van der Waals surface area (Å²) in [5, 5.41) is 14.7. The highest BCUT2D eigenvalue weighted by atomic mass is 32.2. The first kappa shape index (κ1) is 22.3. The van der Waals surface area contributed by atoms with Crippen LogP contribution in [0.5, 0.6) is 11.6 Å². The van der Waals surface area contributed by atoms with E-state index in [4.69, 9.17) is 9.47 Å². The second-order valence-electron chi connectivity index (χ2n) is 8.22. The van der Waals surface area contributed by atoms with Crippen LogP contribution in [0.3, 0.4) is 0 Å². The van der Waals surface area contributed by atoms with Gasteiger partial charge in [-0.1, -0.05) is 72.4 Å². The van der Waals surface area contributed by atoms with Crippen molar-refractivity contribution >= 4 is 28.2 Å². The average Bonchev–Trinajstić information content (AvgIpc) is 3.08. The molecule has 178 valence electrons. The van der Waals surface area contributed by atoms with Crippen LogP contribution in [-0.4, -0.2) is 22.3 Å². The van der Waals surface area contributed by atoms with Crippen LogP contribution in [0.25, 0.3) is 22.0 Å². The highest BCUT2D eigenvalue weighted by Gasteiger charge is 2.27. The highest BCUT2D eigenvalue weighted by molar-refractivity contribution is 7.98. The molecule has 2 heterocycles. The van der Waals surface area contributed by atoms with Gasteiger partial charge in [0, 0.05) is 28.0 Å². The van der Waals surface area contributed by atoms with Gasteiger partial charge in [-0.2, -0.15) is 4.98 Å². The molecule has 1 aliphatic rings. The molecule has 1 aliphatic heterocycles. The minimum Gasteiger partial charge on any atom is -0.496 e. The van der Waals surface area contributed by atoms with E-state index in [1.165, 1.54) is 17.8 Å². The van der Waals surface area contributed by atoms with Crippen LogP contribution in [-0.2, 0) is 5.75 Å². The molecule has 0 saturated heterocycles. The van der Waals surface area contributed by atoms with E-state index in [1.54, 1.807) is 19.2 Å². The van der Waals surface area contributed by atoms with Gasteiger partial charge in [-0.25, -0.2) is 4.39 Å². The summed E-state index contributed by atoms with van der Waals surface area (Å²) in [4.78, 5) is 4.69. The number of fused-ring (bicyclic) bond motifs is 4. The average molecular weight is 497 g/mol. The standard InChI is InChI=1S/C28H21FN4O2S/c1-34-24-15-14-20(18-9-3-4-10-19(18)24)26-30-23-13-7-5-11-21(23)25-27(35-26)31-28(33-32-25)36-16-17-8-2-6-12-22(17)29/h2-15,26,30H,16H2,1H3/t26-/m1/s1. The Balaban J connectivity index is 1.41. The molecule has 36 heavy (non-hydrogen) atoms. The third-order valence-corrected chi connectivity index (χ3v) is 6.95. The Hall–Kier alpha value is -4.17. The maximum atomic E-state index is 14.1. The largest absolute Gasteiger partial charge is 0.496 e. The zero-order valence-electron chi connectivity index (χ0n) is 19.3. The van der Waals surface area contributed by atoms with E-state index >= 15 is 0 Å². The first-order chi connectivity index (χ1) is 17.7. The van der Waals surface area contributed by atoms with Crippen LogP contribution in [0.2, 0.25) is 0 Å². The van der Waals surface area contributed by atoms with E-state index in [0.29, 0.717) is 28.0 Å². The molecule has 0 saturated carbocycles. The summed E-state index contributed by atoms with van der Waals surface area (Å²) in [6, 6.07) is 26.5. The SMILES string of the molecule is COc1ccc([C@@H]2Nc3ccccc3-c3nnc(SCc4ccccc4F)nc3O2)c2ccccc12. The molecule has 4 aromatic carbocycles. The summed E-state index contributed by atoms with van der Waals surface area (Å²) in [6.07, 6.45) is -0.538. The summed E-state index contributed by atoms with van der Waals surface area (Å²) in [6.45, 7) is 0. The first-order valence-corrected chi connectivity index (χ1v) is 12.4. The fourth-order valence-electron chi connectivity index (χ4n) is 4.31. The number of rotatable bonds is 5. The summed E-state index contributed by atoms with van der Waals surface area (Å²) in [5.74, 6) is 1.28. The minimum absolute atomic E-state index is 0.256. The molecule has 1 atom stereocenters. The van der Waals surface area contributed by atoms with Gasteiger partial charge in [0.15, 0.2) is 11.9 Å². The fourth-order valence-corrected chi connectivity index (χ4v) is 5.07. The number of methoxy groups -OCH3 is 1. The predicted octanol–water partition coefficient (Wildman–Crippen LogP) is 6.63. The van der Waals surface area contributed by atoms with Crippen LogP contribution in [0.15, 0.2) is 90.1 Å². The maximum absolute atomic E-state index is 14.1. The number of hydrogen-bond acceptors (Lipinski definition) is 7. The van der Waals surface area contributed by atoms with Gasteiger partial charge in [0.2, 0.25) is 11.0 Å². The van der Waals surface area contributed by atoms with Gasteiger partial charge in [-0.3, -0.25) is 0 Å². The summed E-state index contributed by atoms with van der Waals surface area (Å²) >= 11 is 1.31. The lowest BCUT2D eigenvalue weighted by Crippen LogP contribution is -2.17. The Morgan fingerprint density at radius 2 is 1.69 bits per heavy atom. The molecule has 0 spiro atoms. The van der Waals surface area contributed by atoms with Crippen LogP contribution < -0.4 is 14.8 Å². The molecule has 0 unspecified atom stereocenters. The topological polar surface area (TPSA) is 69.2 Å². The number of benzene rings is 4. The zero-order valence-corrected chi connectivity index (χ0v) is 20.1. The molecule has 0 radical (unpaired) electrons. The van der Waals surface area contributed by atoms with Crippen molar-refractivity contribution in [3.63, 3.8) is 0 Å². The second kappa shape index (κ2) is 9.47. The van der Waals surface area contributed by atoms with Gasteiger partial charge in [0.05, 0.1) is 7.11 Å². The molecule has 0 bridgehead atoms. The van der Waals surface area contributed by atoms with E-state index in [9.17, 15) is 4.39 Å². The molecule has 8 heteroatoms. The number of thioether (sulfide) groups is 1. The van der Waals surface area contributed by atoms with Crippen molar-refractivity contribution in [2.75, 3.05) is 12.4 Å². The third-order valence-electron chi connectivity index (χ3n) is 6.07. The van der Waals surface area contributed by atoms with Gasteiger partial charge >= 0.3 is 0 Å². The maximum Gasteiger partial charge on any atom is 0.247 e. The van der Waals surface area contributed by atoms with E-state index in [2.05, 4.69) is 20.5 Å². The molecule has 6 nitrogen and oxygen atoms in total. The zero-order chi connectivity index (χ0) is 24.5. The van der Waals surface area contributed by atoms with E-state index in [1.807, 2.05) is 66.7 Å². The number of para-hydroxylation sites is 1. The lowest BCUT2D eigenvalue weighted by Gasteiger charge is -2.21. The van der Waals surface area contributed by atoms with Gasteiger partial charge in [0.1, 0.15) is 11.6 Å². The Bertz CT molecular complexity index is 1580. The van der Waals surface area contributed by atoms with Crippen molar-refractivity contribution in [2.45, 2.75) is 17.1 Å². The quantitative estimate of drug-likeness (QED) is 0.274. The molecule has 0 amide bonds. The molecule has 0 fully saturated rings. The normalized spacial score (nSPS) is 14.2. The van der Waals surface area contributed by atoms with Crippen molar-refractivity contribution in [1.82, 2.24) is 15.2 Å². The fraction of sp³-hybridized carbons (Fsp3) is 0.107. The molecule has 1 aromatic heterocycles. The van der Waals surface area contributed by atoms with Crippen molar-refractivity contribution < 1.29 is 13.9 Å². The number of halogens is 1. The van der Waals surface area contributed by atoms with E-state index in [0.717, 1.165) is 33.3 Å². The summed E-state index contributed by atoms with van der Waals surface area (Å²) in [7, 11) is 1.66. The summed E-state index contributed by atoms with van der Waals surface area (Å²) < 4.78 is 26.1. The Morgan fingerprint density at radius 1 is 0.917 bits per heavy atom. The first-order valence-electron chi connectivity index (χ1n) is 11.4. The van der Waals surface area contributed by atoms with E-state index in [-0.39, 0.29) is 5.82 Å².